The maximum Gasteiger partial charge on any atom is 0.269 e. The highest BCUT2D eigenvalue weighted by molar-refractivity contribution is 7.90. The number of fused-ring (bicyclic) bond motifs is 1. The lowest BCUT2D eigenvalue weighted by Crippen LogP contribution is -2.33. The zero-order chi connectivity index (χ0) is 19.6. The summed E-state index contributed by atoms with van der Waals surface area (Å²) in [5.74, 6) is -0.297. The van der Waals surface area contributed by atoms with Gasteiger partial charge in [-0.15, -0.1) is 0 Å². The second-order valence-corrected chi connectivity index (χ2v) is 8.20. The van der Waals surface area contributed by atoms with Crippen molar-refractivity contribution in [1.82, 2.24) is 4.31 Å². The first kappa shape index (κ1) is 18.9. The van der Waals surface area contributed by atoms with Gasteiger partial charge in [-0.1, -0.05) is 12.1 Å². The summed E-state index contributed by atoms with van der Waals surface area (Å²) in [6.07, 6.45) is -0.0852. The van der Waals surface area contributed by atoms with Gasteiger partial charge in [0, 0.05) is 18.7 Å². The van der Waals surface area contributed by atoms with E-state index in [-0.39, 0.29) is 35.4 Å². The molecule has 2 aromatic carbocycles. The third-order valence-electron chi connectivity index (χ3n) is 3.96. The Morgan fingerprint density at radius 3 is 2.41 bits per heavy atom. The summed E-state index contributed by atoms with van der Waals surface area (Å²) in [6.45, 7) is 3.62. The van der Waals surface area contributed by atoms with E-state index in [1.165, 1.54) is 12.1 Å². The standard InChI is InChI=1S/C19H20N2O5S/c1-13(2)26-15-9-7-14(8-10-15)20-18(22)11-12-21-19(23)16-5-3-4-6-17(16)27(21,24)25/h3-10,13H,11-12H2,1-2H3,(H,20,22). The minimum Gasteiger partial charge on any atom is -0.491 e. The monoisotopic (exact) mass is 388 g/mol. The van der Waals surface area contributed by atoms with Crippen molar-refractivity contribution in [1.29, 1.82) is 0 Å². The van der Waals surface area contributed by atoms with E-state index < -0.39 is 15.9 Å². The minimum absolute atomic E-state index is 0.0175. The molecule has 27 heavy (non-hydrogen) atoms. The first-order chi connectivity index (χ1) is 12.8. The topological polar surface area (TPSA) is 92.8 Å². The van der Waals surface area contributed by atoms with Gasteiger partial charge in [-0.05, 0) is 50.2 Å². The molecule has 142 valence electrons. The summed E-state index contributed by atoms with van der Waals surface area (Å²) >= 11 is 0. The number of hydrogen-bond acceptors (Lipinski definition) is 5. The fraction of sp³-hybridized carbons (Fsp3) is 0.263. The summed E-state index contributed by atoms with van der Waals surface area (Å²) in [5.41, 5.74) is 0.702. The second-order valence-electron chi connectivity index (χ2n) is 6.37. The van der Waals surface area contributed by atoms with Crippen LogP contribution in [0.4, 0.5) is 5.69 Å². The van der Waals surface area contributed by atoms with Crippen molar-refractivity contribution in [3.8, 4) is 5.75 Å². The molecule has 0 unspecified atom stereocenters. The van der Waals surface area contributed by atoms with Crippen LogP contribution in [0.5, 0.6) is 5.75 Å². The Morgan fingerprint density at radius 1 is 1.11 bits per heavy atom. The summed E-state index contributed by atoms with van der Waals surface area (Å²) in [6, 6.07) is 12.9. The molecule has 1 N–H and O–H groups in total. The lowest BCUT2D eigenvalue weighted by atomic mass is 10.2. The van der Waals surface area contributed by atoms with Crippen LogP contribution in [0.2, 0.25) is 0 Å². The van der Waals surface area contributed by atoms with Crippen LogP contribution in [-0.2, 0) is 14.8 Å². The Hall–Kier alpha value is -2.87. The van der Waals surface area contributed by atoms with Crippen molar-refractivity contribution in [2.45, 2.75) is 31.3 Å². The predicted molar refractivity (Wildman–Crippen MR) is 100 cm³/mol. The number of nitrogens with one attached hydrogen (secondary N) is 1. The molecule has 1 aliphatic rings. The lowest BCUT2D eigenvalue weighted by molar-refractivity contribution is -0.116. The van der Waals surface area contributed by atoms with Crippen molar-refractivity contribution in [3.05, 3.63) is 54.1 Å². The number of anilines is 1. The van der Waals surface area contributed by atoms with Gasteiger partial charge in [-0.25, -0.2) is 12.7 Å². The second kappa shape index (κ2) is 7.40. The Labute approximate surface area is 158 Å². The van der Waals surface area contributed by atoms with Crippen LogP contribution in [0.25, 0.3) is 0 Å². The Morgan fingerprint density at radius 2 is 1.78 bits per heavy atom. The summed E-state index contributed by atoms with van der Waals surface area (Å²) in [4.78, 5) is 24.4. The maximum absolute atomic E-state index is 12.5. The molecule has 0 saturated heterocycles. The number of nitrogens with zero attached hydrogens (tertiary/aromatic N) is 1. The van der Waals surface area contributed by atoms with E-state index in [2.05, 4.69) is 5.32 Å². The molecule has 7 nitrogen and oxygen atoms in total. The zero-order valence-corrected chi connectivity index (χ0v) is 15.8. The molecular weight excluding hydrogens is 368 g/mol. The van der Waals surface area contributed by atoms with Gasteiger partial charge in [-0.3, -0.25) is 9.59 Å². The molecule has 0 spiro atoms. The molecule has 2 amide bonds. The Kier molecular flexibility index (Phi) is 5.18. The van der Waals surface area contributed by atoms with Gasteiger partial charge in [0.05, 0.1) is 11.7 Å². The smallest absolute Gasteiger partial charge is 0.269 e. The van der Waals surface area contributed by atoms with E-state index in [4.69, 9.17) is 4.74 Å². The van der Waals surface area contributed by atoms with Crippen molar-refractivity contribution in [3.63, 3.8) is 0 Å². The van der Waals surface area contributed by atoms with Gasteiger partial charge >= 0.3 is 0 Å². The molecule has 0 aliphatic carbocycles. The highest BCUT2D eigenvalue weighted by atomic mass is 32.2. The Bertz CT molecular complexity index is 968. The van der Waals surface area contributed by atoms with Crippen LogP contribution in [-0.4, -0.2) is 37.2 Å². The molecule has 0 radical (unpaired) electrons. The van der Waals surface area contributed by atoms with Gasteiger partial charge in [-0.2, -0.15) is 0 Å². The van der Waals surface area contributed by atoms with E-state index in [0.29, 0.717) is 11.4 Å². The van der Waals surface area contributed by atoms with E-state index in [0.717, 1.165) is 4.31 Å². The van der Waals surface area contributed by atoms with Crippen LogP contribution >= 0.6 is 0 Å². The number of benzene rings is 2. The SMILES string of the molecule is CC(C)Oc1ccc(NC(=O)CCN2C(=O)c3ccccc3S2(=O)=O)cc1. The molecule has 2 aromatic rings. The summed E-state index contributed by atoms with van der Waals surface area (Å²) < 4.78 is 31.2. The van der Waals surface area contributed by atoms with Crippen LogP contribution in [0.3, 0.4) is 0 Å². The van der Waals surface area contributed by atoms with Gasteiger partial charge < -0.3 is 10.1 Å². The number of ether oxygens (including phenoxy) is 1. The first-order valence-corrected chi connectivity index (χ1v) is 9.95. The van der Waals surface area contributed by atoms with Crippen molar-refractivity contribution < 1.29 is 22.7 Å². The molecule has 0 bridgehead atoms. The summed E-state index contributed by atoms with van der Waals surface area (Å²) in [5, 5.41) is 2.68. The van der Waals surface area contributed by atoms with E-state index in [1.807, 2.05) is 13.8 Å². The fourth-order valence-corrected chi connectivity index (χ4v) is 4.34. The Balaban J connectivity index is 1.61. The fourth-order valence-electron chi connectivity index (χ4n) is 2.77. The number of amides is 2. The third kappa shape index (κ3) is 3.95. The predicted octanol–water partition coefficient (Wildman–Crippen LogP) is 2.65. The summed E-state index contributed by atoms with van der Waals surface area (Å²) in [7, 11) is -3.89. The first-order valence-electron chi connectivity index (χ1n) is 8.51. The largest absolute Gasteiger partial charge is 0.491 e. The number of rotatable bonds is 6. The molecule has 1 aliphatic heterocycles. The number of sulfonamides is 1. The van der Waals surface area contributed by atoms with Crippen molar-refractivity contribution >= 4 is 27.5 Å². The molecule has 0 aromatic heterocycles. The van der Waals surface area contributed by atoms with Gasteiger partial charge in [0.25, 0.3) is 15.9 Å². The normalized spacial score (nSPS) is 14.9. The zero-order valence-electron chi connectivity index (χ0n) is 15.0. The molecule has 1 heterocycles. The van der Waals surface area contributed by atoms with Gasteiger partial charge in [0.15, 0.2) is 0 Å². The van der Waals surface area contributed by atoms with Crippen LogP contribution in [0, 0.1) is 0 Å². The van der Waals surface area contributed by atoms with E-state index in [9.17, 15) is 18.0 Å². The van der Waals surface area contributed by atoms with Gasteiger partial charge in [0.1, 0.15) is 10.6 Å². The van der Waals surface area contributed by atoms with Crippen LogP contribution < -0.4 is 10.1 Å². The molecule has 0 atom stereocenters. The van der Waals surface area contributed by atoms with Crippen molar-refractivity contribution in [2.75, 3.05) is 11.9 Å². The van der Waals surface area contributed by atoms with Crippen LogP contribution in [0.15, 0.2) is 53.4 Å². The number of carbonyl (C=O) groups excluding carboxylic acids is 2. The quantitative estimate of drug-likeness (QED) is 0.821. The highest BCUT2D eigenvalue weighted by Gasteiger charge is 2.40. The minimum atomic E-state index is -3.89. The van der Waals surface area contributed by atoms with E-state index >= 15 is 0 Å². The van der Waals surface area contributed by atoms with Crippen LogP contribution in [0.1, 0.15) is 30.6 Å². The molecule has 3 rings (SSSR count). The number of hydrogen-bond donors (Lipinski definition) is 1. The van der Waals surface area contributed by atoms with Crippen molar-refractivity contribution in [2.24, 2.45) is 0 Å². The van der Waals surface area contributed by atoms with Gasteiger partial charge in [0.2, 0.25) is 5.91 Å². The molecule has 8 heteroatoms. The number of carbonyl (C=O) groups is 2. The maximum atomic E-state index is 12.5. The molecule has 0 saturated carbocycles. The average molecular weight is 388 g/mol. The lowest BCUT2D eigenvalue weighted by Gasteiger charge is -2.15. The molecular formula is C19H20N2O5S. The van der Waals surface area contributed by atoms with E-state index in [1.54, 1.807) is 36.4 Å². The average Bonchev–Trinajstić information content (AvgIpc) is 2.81. The molecule has 0 fully saturated rings. The third-order valence-corrected chi connectivity index (χ3v) is 5.80. The highest BCUT2D eigenvalue weighted by Crippen LogP contribution is 2.29.